The molecule has 76 valence electrons. The predicted octanol–water partition coefficient (Wildman–Crippen LogP) is 3.27. The molecule has 0 fully saturated rings. The maximum Gasteiger partial charge on any atom is 0.130 e. The van der Waals surface area contributed by atoms with Crippen molar-refractivity contribution in [1.82, 2.24) is 4.98 Å². The van der Waals surface area contributed by atoms with Gasteiger partial charge in [0.15, 0.2) is 0 Å². The second-order valence-corrected chi connectivity index (χ2v) is 3.35. The van der Waals surface area contributed by atoms with Crippen molar-refractivity contribution < 1.29 is 4.39 Å². The average molecular weight is 202 g/mol. The molecule has 1 aromatic carbocycles. The first-order valence-electron chi connectivity index (χ1n) is 4.69. The van der Waals surface area contributed by atoms with Crippen molar-refractivity contribution in [3.05, 3.63) is 54.0 Å². The van der Waals surface area contributed by atoms with E-state index in [4.69, 9.17) is 0 Å². The van der Waals surface area contributed by atoms with Gasteiger partial charge in [-0.1, -0.05) is 6.07 Å². The van der Waals surface area contributed by atoms with Crippen LogP contribution in [-0.4, -0.2) is 4.98 Å². The summed E-state index contributed by atoms with van der Waals surface area (Å²) in [5.74, 6) is 0.466. The van der Waals surface area contributed by atoms with E-state index in [1.54, 1.807) is 18.3 Å². The lowest BCUT2D eigenvalue weighted by Gasteiger charge is -2.05. The van der Waals surface area contributed by atoms with Gasteiger partial charge in [0.05, 0.1) is 0 Å². The number of rotatable bonds is 2. The SMILES string of the molecule is Cc1ccnc(Nc2cccc(F)c2)c1. The fraction of sp³-hybridized carbons (Fsp3) is 0.0833. The molecular weight excluding hydrogens is 191 g/mol. The Morgan fingerprint density at radius 3 is 2.80 bits per heavy atom. The third-order valence-corrected chi connectivity index (χ3v) is 2.01. The van der Waals surface area contributed by atoms with Crippen LogP contribution in [0.25, 0.3) is 0 Å². The number of anilines is 2. The summed E-state index contributed by atoms with van der Waals surface area (Å²) in [6, 6.07) is 10.1. The smallest absolute Gasteiger partial charge is 0.130 e. The van der Waals surface area contributed by atoms with Crippen LogP contribution in [0, 0.1) is 12.7 Å². The van der Waals surface area contributed by atoms with Crippen LogP contribution < -0.4 is 5.32 Å². The van der Waals surface area contributed by atoms with E-state index in [1.807, 2.05) is 19.1 Å². The highest BCUT2D eigenvalue weighted by molar-refractivity contribution is 5.56. The Labute approximate surface area is 87.8 Å². The second-order valence-electron chi connectivity index (χ2n) is 3.35. The molecule has 0 aliphatic heterocycles. The summed E-state index contributed by atoms with van der Waals surface area (Å²) in [4.78, 5) is 4.13. The van der Waals surface area contributed by atoms with Crippen molar-refractivity contribution in [2.75, 3.05) is 5.32 Å². The Kier molecular flexibility index (Phi) is 2.63. The molecule has 0 aliphatic carbocycles. The molecule has 0 amide bonds. The lowest BCUT2D eigenvalue weighted by Crippen LogP contribution is -1.93. The van der Waals surface area contributed by atoms with Crippen LogP contribution in [-0.2, 0) is 0 Å². The van der Waals surface area contributed by atoms with Crippen LogP contribution in [0.2, 0.25) is 0 Å². The third kappa shape index (κ3) is 2.53. The van der Waals surface area contributed by atoms with Gasteiger partial charge in [-0.2, -0.15) is 0 Å². The average Bonchev–Trinajstić information content (AvgIpc) is 2.17. The molecule has 0 unspecified atom stereocenters. The highest BCUT2D eigenvalue weighted by Gasteiger charge is 1.97. The molecule has 2 nitrogen and oxygen atoms in total. The molecule has 0 atom stereocenters. The summed E-state index contributed by atoms with van der Waals surface area (Å²) in [6.45, 7) is 1.98. The standard InChI is InChI=1S/C12H11FN2/c1-9-5-6-14-12(7-9)15-11-4-2-3-10(13)8-11/h2-8H,1H3,(H,14,15). The zero-order chi connectivity index (χ0) is 10.7. The molecule has 2 rings (SSSR count). The van der Waals surface area contributed by atoms with Gasteiger partial charge in [-0.3, -0.25) is 0 Å². The summed E-state index contributed by atoms with van der Waals surface area (Å²) in [6.07, 6.45) is 1.72. The van der Waals surface area contributed by atoms with E-state index in [2.05, 4.69) is 10.3 Å². The van der Waals surface area contributed by atoms with Gasteiger partial charge >= 0.3 is 0 Å². The Morgan fingerprint density at radius 2 is 2.07 bits per heavy atom. The fourth-order valence-electron chi connectivity index (χ4n) is 1.32. The van der Waals surface area contributed by atoms with E-state index in [1.165, 1.54) is 12.1 Å². The molecule has 0 radical (unpaired) electrons. The number of aryl methyl sites for hydroxylation is 1. The first-order valence-corrected chi connectivity index (χ1v) is 4.69. The van der Waals surface area contributed by atoms with Gasteiger partial charge in [0.1, 0.15) is 11.6 Å². The van der Waals surface area contributed by atoms with Crippen molar-refractivity contribution in [1.29, 1.82) is 0 Å². The zero-order valence-electron chi connectivity index (χ0n) is 8.37. The highest BCUT2D eigenvalue weighted by Crippen LogP contribution is 2.15. The molecule has 2 aromatic rings. The Morgan fingerprint density at radius 1 is 1.20 bits per heavy atom. The molecule has 0 bridgehead atoms. The highest BCUT2D eigenvalue weighted by atomic mass is 19.1. The molecule has 1 aromatic heterocycles. The van der Waals surface area contributed by atoms with E-state index < -0.39 is 0 Å². The molecule has 3 heteroatoms. The number of hydrogen-bond donors (Lipinski definition) is 1. The maximum atomic E-state index is 12.9. The van der Waals surface area contributed by atoms with Crippen molar-refractivity contribution in [3.8, 4) is 0 Å². The normalized spacial score (nSPS) is 10.0. The minimum Gasteiger partial charge on any atom is -0.340 e. The summed E-state index contributed by atoms with van der Waals surface area (Å²) in [5.41, 5.74) is 1.82. The van der Waals surface area contributed by atoms with E-state index in [-0.39, 0.29) is 5.82 Å². The summed E-state index contributed by atoms with van der Waals surface area (Å²) in [5, 5.41) is 3.03. The quantitative estimate of drug-likeness (QED) is 0.808. The summed E-state index contributed by atoms with van der Waals surface area (Å²) < 4.78 is 12.9. The summed E-state index contributed by atoms with van der Waals surface area (Å²) >= 11 is 0. The first-order chi connectivity index (χ1) is 7.24. The minimum atomic E-state index is -0.257. The van der Waals surface area contributed by atoms with Gasteiger partial charge in [0.2, 0.25) is 0 Å². The predicted molar refractivity (Wildman–Crippen MR) is 58.7 cm³/mol. The van der Waals surface area contributed by atoms with Gasteiger partial charge in [0.25, 0.3) is 0 Å². The molecule has 0 spiro atoms. The Bertz CT molecular complexity index is 425. The lowest BCUT2D eigenvalue weighted by molar-refractivity contribution is 0.628. The van der Waals surface area contributed by atoms with Crippen molar-refractivity contribution >= 4 is 11.5 Å². The van der Waals surface area contributed by atoms with Crippen molar-refractivity contribution in [3.63, 3.8) is 0 Å². The number of nitrogens with one attached hydrogen (secondary N) is 1. The van der Waals surface area contributed by atoms with E-state index in [0.717, 1.165) is 11.4 Å². The molecular formula is C12H11FN2. The van der Waals surface area contributed by atoms with Crippen LogP contribution >= 0.6 is 0 Å². The van der Waals surface area contributed by atoms with Gasteiger partial charge in [-0.25, -0.2) is 9.37 Å². The number of pyridine rings is 1. The molecule has 0 saturated heterocycles. The topological polar surface area (TPSA) is 24.9 Å². The first kappa shape index (κ1) is 9.65. The molecule has 0 aliphatic rings. The number of aromatic nitrogens is 1. The third-order valence-electron chi connectivity index (χ3n) is 2.01. The van der Waals surface area contributed by atoms with Crippen molar-refractivity contribution in [2.45, 2.75) is 6.92 Å². The maximum absolute atomic E-state index is 12.9. The number of nitrogens with zero attached hydrogens (tertiary/aromatic N) is 1. The van der Waals surface area contributed by atoms with E-state index in [0.29, 0.717) is 5.69 Å². The number of benzene rings is 1. The fourth-order valence-corrected chi connectivity index (χ4v) is 1.32. The van der Waals surface area contributed by atoms with Crippen LogP contribution in [0.3, 0.4) is 0 Å². The second kappa shape index (κ2) is 4.09. The monoisotopic (exact) mass is 202 g/mol. The number of hydrogen-bond acceptors (Lipinski definition) is 2. The van der Waals surface area contributed by atoms with E-state index in [9.17, 15) is 4.39 Å². The zero-order valence-corrected chi connectivity index (χ0v) is 8.37. The Balaban J connectivity index is 2.22. The van der Waals surface area contributed by atoms with Crippen LogP contribution in [0.4, 0.5) is 15.9 Å². The Hall–Kier alpha value is -1.90. The van der Waals surface area contributed by atoms with Crippen molar-refractivity contribution in [2.24, 2.45) is 0 Å². The van der Waals surface area contributed by atoms with Gasteiger partial charge in [-0.15, -0.1) is 0 Å². The van der Waals surface area contributed by atoms with Crippen LogP contribution in [0.5, 0.6) is 0 Å². The van der Waals surface area contributed by atoms with E-state index >= 15 is 0 Å². The molecule has 15 heavy (non-hydrogen) atoms. The molecule has 0 saturated carbocycles. The molecule has 1 N–H and O–H groups in total. The minimum absolute atomic E-state index is 0.257. The van der Waals surface area contributed by atoms with Gasteiger partial charge in [0, 0.05) is 11.9 Å². The van der Waals surface area contributed by atoms with Crippen LogP contribution in [0.1, 0.15) is 5.56 Å². The number of halogens is 1. The summed E-state index contributed by atoms with van der Waals surface area (Å²) in [7, 11) is 0. The lowest BCUT2D eigenvalue weighted by atomic mass is 10.3. The van der Waals surface area contributed by atoms with Gasteiger partial charge in [-0.05, 0) is 42.8 Å². The largest absolute Gasteiger partial charge is 0.340 e. The molecule has 1 heterocycles. The van der Waals surface area contributed by atoms with Gasteiger partial charge < -0.3 is 5.32 Å². The van der Waals surface area contributed by atoms with Crippen LogP contribution in [0.15, 0.2) is 42.6 Å².